The third-order valence-corrected chi connectivity index (χ3v) is 5.31. The van der Waals surface area contributed by atoms with E-state index in [-0.39, 0.29) is 25.3 Å². The van der Waals surface area contributed by atoms with Crippen molar-refractivity contribution in [2.24, 2.45) is 0 Å². The van der Waals surface area contributed by atoms with Gasteiger partial charge in [0, 0.05) is 12.1 Å². The molecule has 0 atom stereocenters. The summed E-state index contributed by atoms with van der Waals surface area (Å²) in [5.74, 6) is -0.297. The quantitative estimate of drug-likeness (QED) is 0.613. The van der Waals surface area contributed by atoms with Crippen LogP contribution in [0.2, 0.25) is 0 Å². The fourth-order valence-corrected chi connectivity index (χ4v) is 3.23. The van der Waals surface area contributed by atoms with E-state index in [9.17, 15) is 17.6 Å². The second kappa shape index (κ2) is 10.2. The first kappa shape index (κ1) is 21.8. The number of carbonyl (C=O) groups excluding carboxylic acids is 1. The minimum absolute atomic E-state index is 0.208. The molecule has 0 fully saturated rings. The molecule has 0 saturated heterocycles. The summed E-state index contributed by atoms with van der Waals surface area (Å²) in [4.78, 5) is 12.1. The first-order valence-corrected chi connectivity index (χ1v) is 10.8. The number of halogens is 1. The second-order valence-corrected chi connectivity index (χ2v) is 8.30. The Hall–Kier alpha value is -2.45. The fraction of sp³-hybridized carbons (Fsp3) is 0.350. The zero-order valence-corrected chi connectivity index (χ0v) is 16.8. The molecule has 2 aromatic rings. The summed E-state index contributed by atoms with van der Waals surface area (Å²) in [6, 6.07) is 13.5. The van der Waals surface area contributed by atoms with Crippen LogP contribution in [0.5, 0.6) is 5.75 Å². The zero-order valence-electron chi connectivity index (χ0n) is 16.0. The van der Waals surface area contributed by atoms with Crippen LogP contribution >= 0.6 is 0 Å². The van der Waals surface area contributed by atoms with Gasteiger partial charge in [-0.2, -0.15) is 4.31 Å². The SMILES string of the molecule is CCc1ccc(OCCNC(=O)CN(Cc2ccccc2F)S(C)(=O)=O)cc1. The van der Waals surface area contributed by atoms with Crippen LogP contribution in [0.4, 0.5) is 4.39 Å². The monoisotopic (exact) mass is 408 g/mol. The Morgan fingerprint density at radius 1 is 1.14 bits per heavy atom. The number of hydrogen-bond donors (Lipinski definition) is 1. The van der Waals surface area contributed by atoms with Crippen molar-refractivity contribution in [1.82, 2.24) is 9.62 Å². The van der Waals surface area contributed by atoms with Crippen LogP contribution in [0.25, 0.3) is 0 Å². The Morgan fingerprint density at radius 2 is 1.82 bits per heavy atom. The number of nitrogens with zero attached hydrogens (tertiary/aromatic N) is 1. The van der Waals surface area contributed by atoms with Crippen LogP contribution in [0, 0.1) is 5.82 Å². The summed E-state index contributed by atoms with van der Waals surface area (Å²) in [7, 11) is -3.68. The Bertz CT molecular complexity index is 885. The maximum absolute atomic E-state index is 13.8. The molecule has 0 aliphatic carbocycles. The highest BCUT2D eigenvalue weighted by Crippen LogP contribution is 2.13. The van der Waals surface area contributed by atoms with Crippen LogP contribution in [0.15, 0.2) is 48.5 Å². The average Bonchev–Trinajstić information content (AvgIpc) is 2.66. The van der Waals surface area contributed by atoms with Gasteiger partial charge in [0.1, 0.15) is 18.2 Å². The lowest BCUT2D eigenvalue weighted by Crippen LogP contribution is -2.41. The number of sulfonamides is 1. The maximum Gasteiger partial charge on any atom is 0.235 e. The van der Waals surface area contributed by atoms with Crippen LogP contribution in [-0.4, -0.2) is 44.6 Å². The molecule has 152 valence electrons. The Kier molecular flexibility index (Phi) is 7.95. The summed E-state index contributed by atoms with van der Waals surface area (Å²) in [6.07, 6.45) is 1.93. The molecule has 0 unspecified atom stereocenters. The number of ether oxygens (including phenoxy) is 1. The van der Waals surface area contributed by atoms with E-state index in [1.54, 1.807) is 6.07 Å². The zero-order chi connectivity index (χ0) is 20.6. The van der Waals surface area contributed by atoms with Gasteiger partial charge in [0.05, 0.1) is 19.3 Å². The smallest absolute Gasteiger partial charge is 0.235 e. The van der Waals surface area contributed by atoms with Crippen molar-refractivity contribution in [3.05, 3.63) is 65.5 Å². The summed E-state index contributed by atoms with van der Waals surface area (Å²) in [5.41, 5.74) is 1.41. The summed E-state index contributed by atoms with van der Waals surface area (Å²) < 4.78 is 44.2. The molecular formula is C20H25FN2O4S. The molecule has 1 amide bonds. The van der Waals surface area contributed by atoms with E-state index in [0.717, 1.165) is 17.0 Å². The molecule has 2 rings (SSSR count). The standard InChI is InChI=1S/C20H25FN2O4S/c1-3-16-8-10-18(11-9-16)27-13-12-22-20(24)15-23(28(2,25)26)14-17-6-4-5-7-19(17)21/h4-11H,3,12-15H2,1-2H3,(H,22,24). The highest BCUT2D eigenvalue weighted by molar-refractivity contribution is 7.88. The van der Waals surface area contributed by atoms with E-state index in [4.69, 9.17) is 4.74 Å². The number of hydrogen-bond acceptors (Lipinski definition) is 4. The van der Waals surface area contributed by atoms with Crippen molar-refractivity contribution in [3.8, 4) is 5.75 Å². The second-order valence-electron chi connectivity index (χ2n) is 6.32. The first-order valence-electron chi connectivity index (χ1n) is 8.96. The Morgan fingerprint density at radius 3 is 2.43 bits per heavy atom. The highest BCUT2D eigenvalue weighted by Gasteiger charge is 2.21. The molecule has 0 aliphatic heterocycles. The molecule has 0 saturated carbocycles. The molecule has 0 aromatic heterocycles. The summed E-state index contributed by atoms with van der Waals surface area (Å²) in [5, 5.41) is 2.61. The predicted octanol–water partition coefficient (Wildman–Crippen LogP) is 2.34. The minimum Gasteiger partial charge on any atom is -0.492 e. The van der Waals surface area contributed by atoms with E-state index in [2.05, 4.69) is 12.2 Å². The van der Waals surface area contributed by atoms with Crippen molar-refractivity contribution < 1.29 is 22.3 Å². The minimum atomic E-state index is -3.68. The molecule has 0 spiro atoms. The van der Waals surface area contributed by atoms with Crippen LogP contribution in [-0.2, 0) is 27.8 Å². The van der Waals surface area contributed by atoms with Gasteiger partial charge in [-0.1, -0.05) is 37.3 Å². The van der Waals surface area contributed by atoms with E-state index >= 15 is 0 Å². The molecule has 2 aromatic carbocycles. The van der Waals surface area contributed by atoms with Gasteiger partial charge in [-0.05, 0) is 30.2 Å². The molecule has 6 nitrogen and oxygen atoms in total. The van der Waals surface area contributed by atoms with E-state index in [1.807, 2.05) is 24.3 Å². The van der Waals surface area contributed by atoms with Gasteiger partial charge in [0.15, 0.2) is 0 Å². The fourth-order valence-electron chi connectivity index (χ4n) is 2.50. The normalized spacial score (nSPS) is 11.4. The van der Waals surface area contributed by atoms with Crippen molar-refractivity contribution in [3.63, 3.8) is 0 Å². The Labute approximate surface area is 165 Å². The molecule has 28 heavy (non-hydrogen) atoms. The third kappa shape index (κ3) is 6.94. The van der Waals surface area contributed by atoms with Gasteiger partial charge < -0.3 is 10.1 Å². The number of carbonyl (C=O) groups is 1. The van der Waals surface area contributed by atoms with Crippen LogP contribution in [0.3, 0.4) is 0 Å². The van der Waals surface area contributed by atoms with Gasteiger partial charge in [-0.15, -0.1) is 0 Å². The van der Waals surface area contributed by atoms with Crippen LogP contribution < -0.4 is 10.1 Å². The van der Waals surface area contributed by atoms with Gasteiger partial charge in [-0.3, -0.25) is 4.79 Å². The molecule has 0 heterocycles. The van der Waals surface area contributed by atoms with Crippen LogP contribution in [0.1, 0.15) is 18.1 Å². The van der Waals surface area contributed by atoms with E-state index in [0.29, 0.717) is 5.75 Å². The topological polar surface area (TPSA) is 75.7 Å². The van der Waals surface area contributed by atoms with Crippen molar-refractivity contribution in [2.75, 3.05) is 26.0 Å². The lowest BCUT2D eigenvalue weighted by Gasteiger charge is -2.20. The number of rotatable bonds is 10. The molecule has 0 aliphatic rings. The molecule has 8 heteroatoms. The molecule has 0 bridgehead atoms. The maximum atomic E-state index is 13.8. The number of amides is 1. The molecule has 0 radical (unpaired) electrons. The van der Waals surface area contributed by atoms with E-state index in [1.165, 1.54) is 23.8 Å². The lowest BCUT2D eigenvalue weighted by molar-refractivity contribution is -0.121. The molecule has 1 N–H and O–H groups in total. The molecular weight excluding hydrogens is 383 g/mol. The van der Waals surface area contributed by atoms with Crippen molar-refractivity contribution in [1.29, 1.82) is 0 Å². The number of benzene rings is 2. The summed E-state index contributed by atoms with van der Waals surface area (Å²) in [6.45, 7) is 1.95. The number of aryl methyl sites for hydroxylation is 1. The van der Waals surface area contributed by atoms with Crippen molar-refractivity contribution in [2.45, 2.75) is 19.9 Å². The van der Waals surface area contributed by atoms with E-state index < -0.39 is 28.3 Å². The predicted molar refractivity (Wildman–Crippen MR) is 106 cm³/mol. The van der Waals surface area contributed by atoms with Gasteiger partial charge in [0.2, 0.25) is 15.9 Å². The van der Waals surface area contributed by atoms with Gasteiger partial charge >= 0.3 is 0 Å². The Balaban J connectivity index is 1.83. The highest BCUT2D eigenvalue weighted by atomic mass is 32.2. The number of nitrogens with one attached hydrogen (secondary N) is 1. The average molecular weight is 408 g/mol. The lowest BCUT2D eigenvalue weighted by atomic mass is 10.2. The van der Waals surface area contributed by atoms with Gasteiger partial charge in [-0.25, -0.2) is 12.8 Å². The largest absolute Gasteiger partial charge is 0.492 e. The first-order chi connectivity index (χ1) is 13.3. The van der Waals surface area contributed by atoms with Crippen molar-refractivity contribution >= 4 is 15.9 Å². The van der Waals surface area contributed by atoms with Gasteiger partial charge in [0.25, 0.3) is 0 Å². The summed E-state index contributed by atoms with van der Waals surface area (Å²) >= 11 is 0. The third-order valence-electron chi connectivity index (χ3n) is 4.12.